The van der Waals surface area contributed by atoms with E-state index in [0.29, 0.717) is 6.42 Å². The zero-order valence-corrected chi connectivity index (χ0v) is 16.7. The zero-order chi connectivity index (χ0) is 20.6. The summed E-state index contributed by atoms with van der Waals surface area (Å²) in [6.07, 6.45) is 2.82. The maximum Gasteiger partial charge on any atom is 0.325 e. The first-order valence-corrected chi connectivity index (χ1v) is 10.1. The number of imide groups is 1. The topological polar surface area (TPSA) is 78.5 Å². The Morgan fingerprint density at radius 1 is 1.07 bits per heavy atom. The number of carbonyl (C=O) groups excluding carboxylic acids is 3. The molecular formula is C23H25N3O3. The van der Waals surface area contributed by atoms with Crippen molar-refractivity contribution < 1.29 is 14.4 Å². The summed E-state index contributed by atoms with van der Waals surface area (Å²) < 4.78 is 0. The second-order valence-corrected chi connectivity index (χ2v) is 7.59. The number of hydrogen-bond acceptors (Lipinski definition) is 3. The second-order valence-electron chi connectivity index (χ2n) is 7.59. The van der Waals surface area contributed by atoms with Gasteiger partial charge in [-0.1, -0.05) is 56.3 Å². The van der Waals surface area contributed by atoms with Crippen LogP contribution in [0.1, 0.15) is 42.5 Å². The van der Waals surface area contributed by atoms with Gasteiger partial charge in [-0.05, 0) is 47.9 Å². The Balaban J connectivity index is 1.55. The van der Waals surface area contributed by atoms with Gasteiger partial charge in [0, 0.05) is 5.69 Å². The summed E-state index contributed by atoms with van der Waals surface area (Å²) in [5.41, 5.74) is 3.73. The molecule has 2 N–H and O–H groups in total. The van der Waals surface area contributed by atoms with E-state index in [4.69, 9.17) is 0 Å². The van der Waals surface area contributed by atoms with Crippen LogP contribution in [0.15, 0.2) is 42.5 Å². The van der Waals surface area contributed by atoms with Gasteiger partial charge in [-0.15, -0.1) is 0 Å². The van der Waals surface area contributed by atoms with Crippen LogP contribution in [0, 0.1) is 0 Å². The predicted octanol–water partition coefficient (Wildman–Crippen LogP) is 3.14. The van der Waals surface area contributed by atoms with Gasteiger partial charge in [0.1, 0.15) is 12.1 Å². The smallest absolute Gasteiger partial charge is 0.324 e. The molecule has 29 heavy (non-hydrogen) atoms. The van der Waals surface area contributed by atoms with Crippen molar-refractivity contribution in [2.45, 2.75) is 45.1 Å². The number of hydrogen-bond donors (Lipinski definition) is 2. The van der Waals surface area contributed by atoms with Crippen molar-refractivity contribution in [3.63, 3.8) is 0 Å². The Labute approximate surface area is 170 Å². The fourth-order valence-electron chi connectivity index (χ4n) is 4.46. The van der Waals surface area contributed by atoms with Crippen LogP contribution in [0.25, 0.3) is 0 Å². The molecule has 0 saturated carbocycles. The van der Waals surface area contributed by atoms with Gasteiger partial charge in [0.2, 0.25) is 5.91 Å². The van der Waals surface area contributed by atoms with Crippen molar-refractivity contribution in [3.05, 3.63) is 64.7 Å². The number of para-hydroxylation sites is 1. The Kier molecular flexibility index (Phi) is 4.86. The third-order valence-corrected chi connectivity index (χ3v) is 5.99. The van der Waals surface area contributed by atoms with Gasteiger partial charge in [0.05, 0.1) is 0 Å². The molecule has 1 saturated heterocycles. The molecule has 6 heteroatoms. The van der Waals surface area contributed by atoms with Crippen molar-refractivity contribution in [1.82, 2.24) is 10.2 Å². The molecule has 2 aromatic rings. The lowest BCUT2D eigenvalue weighted by Gasteiger charge is -2.22. The van der Waals surface area contributed by atoms with Gasteiger partial charge in [-0.2, -0.15) is 0 Å². The zero-order valence-electron chi connectivity index (χ0n) is 16.7. The fourth-order valence-corrected chi connectivity index (χ4v) is 4.46. The normalized spacial score (nSPS) is 20.1. The highest BCUT2D eigenvalue weighted by molar-refractivity contribution is 6.11. The molecule has 1 heterocycles. The summed E-state index contributed by atoms with van der Waals surface area (Å²) in [4.78, 5) is 39.6. The first-order chi connectivity index (χ1) is 14.0. The van der Waals surface area contributed by atoms with E-state index in [1.807, 2.05) is 56.3 Å². The Bertz CT molecular complexity index is 978. The molecule has 4 amide bonds. The summed E-state index contributed by atoms with van der Waals surface area (Å²) in [6, 6.07) is 13.1. The summed E-state index contributed by atoms with van der Waals surface area (Å²) in [5, 5.41) is 5.79. The summed E-state index contributed by atoms with van der Waals surface area (Å²) in [5.74, 6) is -0.713. The molecule has 0 radical (unpaired) electrons. The summed E-state index contributed by atoms with van der Waals surface area (Å²) in [6.45, 7) is 3.77. The largest absolute Gasteiger partial charge is 0.325 e. The van der Waals surface area contributed by atoms with E-state index in [1.54, 1.807) is 0 Å². The third kappa shape index (κ3) is 3.09. The number of urea groups is 1. The van der Waals surface area contributed by atoms with Crippen LogP contribution >= 0.6 is 0 Å². The number of rotatable bonds is 5. The Hall–Kier alpha value is -3.15. The summed E-state index contributed by atoms with van der Waals surface area (Å²) >= 11 is 0. The van der Waals surface area contributed by atoms with Crippen LogP contribution in [0.4, 0.5) is 10.5 Å². The van der Waals surface area contributed by atoms with Crippen LogP contribution in [0.3, 0.4) is 0 Å². The van der Waals surface area contributed by atoms with E-state index >= 15 is 0 Å². The number of benzene rings is 2. The van der Waals surface area contributed by atoms with E-state index in [2.05, 4.69) is 10.6 Å². The third-order valence-electron chi connectivity index (χ3n) is 5.99. The molecule has 4 rings (SSSR count). The van der Waals surface area contributed by atoms with E-state index in [9.17, 15) is 14.4 Å². The van der Waals surface area contributed by atoms with Crippen LogP contribution in [0.5, 0.6) is 0 Å². The van der Waals surface area contributed by atoms with E-state index in [1.165, 1.54) is 0 Å². The molecular weight excluding hydrogens is 366 g/mol. The van der Waals surface area contributed by atoms with Crippen LogP contribution in [-0.2, 0) is 34.4 Å². The predicted molar refractivity (Wildman–Crippen MR) is 111 cm³/mol. The monoisotopic (exact) mass is 391 g/mol. The molecule has 0 aromatic heterocycles. The molecule has 1 aliphatic carbocycles. The maximum atomic E-state index is 13.2. The molecule has 1 fully saturated rings. The minimum absolute atomic E-state index is 0.296. The van der Waals surface area contributed by atoms with E-state index in [-0.39, 0.29) is 18.4 Å². The van der Waals surface area contributed by atoms with Gasteiger partial charge in [-0.3, -0.25) is 14.5 Å². The minimum atomic E-state index is -1.04. The molecule has 150 valence electrons. The number of carbonyl (C=O) groups is 3. The highest BCUT2D eigenvalue weighted by Crippen LogP contribution is 2.41. The Morgan fingerprint density at radius 3 is 2.45 bits per heavy atom. The Morgan fingerprint density at radius 2 is 1.76 bits per heavy atom. The second kappa shape index (κ2) is 7.35. The average Bonchev–Trinajstić information content (AvgIpc) is 3.21. The molecule has 1 unspecified atom stereocenters. The van der Waals surface area contributed by atoms with Gasteiger partial charge in [0.15, 0.2) is 0 Å². The lowest BCUT2D eigenvalue weighted by atomic mass is 9.92. The van der Waals surface area contributed by atoms with Gasteiger partial charge in [0.25, 0.3) is 5.91 Å². The molecule has 0 bridgehead atoms. The highest BCUT2D eigenvalue weighted by atomic mass is 16.2. The van der Waals surface area contributed by atoms with Crippen molar-refractivity contribution in [3.8, 4) is 0 Å². The molecule has 1 spiro atoms. The quantitative estimate of drug-likeness (QED) is 0.769. The fraction of sp³-hybridized carbons (Fsp3) is 0.348. The van der Waals surface area contributed by atoms with Crippen LogP contribution in [0.2, 0.25) is 0 Å². The van der Waals surface area contributed by atoms with Crippen molar-refractivity contribution in [2.24, 2.45) is 0 Å². The number of anilines is 1. The SMILES string of the molecule is CCc1cccc(CC)c1NC(=O)CN1C(=O)NC2(CCc3ccccc32)C1=O. The molecule has 1 aliphatic heterocycles. The lowest BCUT2D eigenvalue weighted by Crippen LogP contribution is -2.43. The number of nitrogens with zero attached hydrogens (tertiary/aromatic N) is 1. The number of aryl methyl sites for hydroxylation is 3. The highest BCUT2D eigenvalue weighted by Gasteiger charge is 2.55. The van der Waals surface area contributed by atoms with Gasteiger partial charge < -0.3 is 10.6 Å². The maximum absolute atomic E-state index is 13.2. The molecule has 2 aromatic carbocycles. The standard InChI is InChI=1S/C23H25N3O3/c1-3-15-9-7-10-16(4-2)20(15)24-19(27)14-26-21(28)23(25-22(26)29)13-12-17-8-5-6-11-18(17)23/h5-11H,3-4,12-14H2,1-2H3,(H,24,27)(H,25,29). The summed E-state index contributed by atoms with van der Waals surface area (Å²) in [7, 11) is 0. The first kappa shape index (κ1) is 19.2. The number of nitrogens with one attached hydrogen (secondary N) is 2. The van der Waals surface area contributed by atoms with E-state index in [0.717, 1.165) is 52.1 Å². The van der Waals surface area contributed by atoms with Gasteiger partial charge >= 0.3 is 6.03 Å². The van der Waals surface area contributed by atoms with Crippen molar-refractivity contribution in [1.29, 1.82) is 0 Å². The molecule has 1 atom stereocenters. The number of fused-ring (bicyclic) bond motifs is 2. The first-order valence-electron chi connectivity index (χ1n) is 10.1. The molecule has 2 aliphatic rings. The van der Waals surface area contributed by atoms with Crippen molar-refractivity contribution in [2.75, 3.05) is 11.9 Å². The average molecular weight is 391 g/mol. The van der Waals surface area contributed by atoms with Crippen LogP contribution in [-0.4, -0.2) is 29.3 Å². The number of amides is 4. The minimum Gasteiger partial charge on any atom is -0.324 e. The lowest BCUT2D eigenvalue weighted by molar-refractivity contribution is -0.134. The van der Waals surface area contributed by atoms with Crippen LogP contribution < -0.4 is 10.6 Å². The van der Waals surface area contributed by atoms with Crippen molar-refractivity contribution >= 4 is 23.5 Å². The van der Waals surface area contributed by atoms with Gasteiger partial charge in [-0.25, -0.2) is 4.79 Å². The molecule has 6 nitrogen and oxygen atoms in total. The van der Waals surface area contributed by atoms with E-state index < -0.39 is 11.6 Å².